The summed E-state index contributed by atoms with van der Waals surface area (Å²) in [5.41, 5.74) is 1.48. The summed E-state index contributed by atoms with van der Waals surface area (Å²) >= 11 is 0. The summed E-state index contributed by atoms with van der Waals surface area (Å²) in [4.78, 5) is 12.0. The summed E-state index contributed by atoms with van der Waals surface area (Å²) in [6.07, 6.45) is 2.91. The Balaban J connectivity index is 1.98. The Bertz CT molecular complexity index is 510. The fourth-order valence-electron chi connectivity index (χ4n) is 2.22. The van der Waals surface area contributed by atoms with Crippen LogP contribution in [0.4, 0.5) is 14.5 Å². The second-order valence-corrected chi connectivity index (χ2v) is 5.38. The fourth-order valence-corrected chi connectivity index (χ4v) is 2.22. The number of carbonyl (C=O) groups excluding carboxylic acids is 1. The van der Waals surface area contributed by atoms with Crippen molar-refractivity contribution in [3.8, 4) is 0 Å². The first-order chi connectivity index (χ1) is 10.0. The summed E-state index contributed by atoms with van der Waals surface area (Å²) in [7, 11) is 1.63. The highest BCUT2D eigenvalue weighted by atomic mass is 19.1. The number of carbonyl (C=O) groups is 1. The van der Waals surface area contributed by atoms with E-state index in [1.165, 1.54) is 0 Å². The molecule has 4 N–H and O–H groups in total. The molecule has 0 spiro atoms. The molecular weight excluding hydrogens is 280 g/mol. The fraction of sp³-hybridized carbons (Fsp3) is 0.500. The van der Waals surface area contributed by atoms with Crippen molar-refractivity contribution in [2.75, 3.05) is 25.7 Å². The quantitative estimate of drug-likeness (QED) is 0.530. The number of hydrogen-bond acceptors (Lipinski definition) is 4. The first-order valence-corrected chi connectivity index (χ1v) is 6.74. The highest BCUT2D eigenvalue weighted by Gasteiger charge is 2.42. The van der Waals surface area contributed by atoms with Gasteiger partial charge in [0.1, 0.15) is 5.69 Å². The topological polar surface area (TPSA) is 76.4 Å². The molecule has 1 amide bonds. The molecule has 1 fully saturated rings. The number of ether oxygens (including phenoxy) is 1. The third-order valence-corrected chi connectivity index (χ3v) is 3.87. The van der Waals surface area contributed by atoms with Gasteiger partial charge in [-0.1, -0.05) is 0 Å². The third-order valence-electron chi connectivity index (χ3n) is 3.87. The Morgan fingerprint density at radius 2 is 2.00 bits per heavy atom. The second kappa shape index (κ2) is 6.36. The number of nitrogens with one attached hydrogen (secondary N) is 2. The van der Waals surface area contributed by atoms with Crippen molar-refractivity contribution < 1.29 is 18.3 Å². The minimum atomic E-state index is -0.900. The van der Waals surface area contributed by atoms with Gasteiger partial charge >= 0.3 is 0 Å². The van der Waals surface area contributed by atoms with E-state index >= 15 is 0 Å². The van der Waals surface area contributed by atoms with Crippen LogP contribution in [-0.2, 0) is 4.74 Å². The van der Waals surface area contributed by atoms with Gasteiger partial charge in [0.25, 0.3) is 5.91 Å². The molecule has 0 bridgehead atoms. The smallest absolute Gasteiger partial charge is 0.251 e. The van der Waals surface area contributed by atoms with Crippen molar-refractivity contribution in [3.05, 3.63) is 29.3 Å². The molecule has 0 radical (unpaired) electrons. The lowest BCUT2D eigenvalue weighted by Gasteiger charge is -2.15. The van der Waals surface area contributed by atoms with E-state index in [1.54, 1.807) is 7.11 Å². The van der Waals surface area contributed by atoms with Gasteiger partial charge in [-0.15, -0.1) is 0 Å². The normalized spacial score (nSPS) is 15.6. The SMILES string of the molecule is COCCC1(CNC(=O)c2cc(F)c(NN)c(F)c2)CC1. The number of nitrogen functional groups attached to an aromatic ring is 1. The van der Waals surface area contributed by atoms with E-state index in [-0.39, 0.29) is 11.0 Å². The Labute approximate surface area is 121 Å². The van der Waals surface area contributed by atoms with Crippen molar-refractivity contribution in [2.24, 2.45) is 11.3 Å². The predicted octanol–water partition coefficient (Wildman–Crippen LogP) is 1.80. The summed E-state index contributed by atoms with van der Waals surface area (Å²) in [5.74, 6) is 2.71. The molecule has 1 aliphatic rings. The minimum Gasteiger partial charge on any atom is -0.385 e. The predicted molar refractivity (Wildman–Crippen MR) is 74.7 cm³/mol. The van der Waals surface area contributed by atoms with Crippen LogP contribution in [0.1, 0.15) is 29.6 Å². The van der Waals surface area contributed by atoms with Gasteiger partial charge in [-0.05, 0) is 36.8 Å². The number of hydrogen-bond donors (Lipinski definition) is 3. The average Bonchev–Trinajstić information content (AvgIpc) is 3.23. The van der Waals surface area contributed by atoms with Crippen molar-refractivity contribution in [1.29, 1.82) is 0 Å². The van der Waals surface area contributed by atoms with Gasteiger partial charge < -0.3 is 15.5 Å². The summed E-state index contributed by atoms with van der Waals surface area (Å²) in [6.45, 7) is 1.12. The first kappa shape index (κ1) is 15.7. The number of rotatable bonds is 7. The van der Waals surface area contributed by atoms with E-state index in [1.807, 2.05) is 5.43 Å². The van der Waals surface area contributed by atoms with E-state index in [4.69, 9.17) is 10.6 Å². The molecule has 21 heavy (non-hydrogen) atoms. The number of nitrogens with two attached hydrogens (primary N) is 1. The number of amides is 1. The molecule has 1 aromatic carbocycles. The van der Waals surface area contributed by atoms with Gasteiger partial charge in [-0.25, -0.2) is 8.78 Å². The van der Waals surface area contributed by atoms with Crippen LogP contribution in [0.3, 0.4) is 0 Å². The average molecular weight is 299 g/mol. The van der Waals surface area contributed by atoms with Crippen LogP contribution >= 0.6 is 0 Å². The number of hydrazine groups is 1. The highest BCUT2D eigenvalue weighted by molar-refractivity contribution is 5.94. The molecule has 0 unspecified atom stereocenters. The number of halogens is 2. The van der Waals surface area contributed by atoms with Crippen LogP contribution in [-0.4, -0.2) is 26.2 Å². The van der Waals surface area contributed by atoms with Crippen molar-refractivity contribution in [2.45, 2.75) is 19.3 Å². The molecule has 0 aromatic heterocycles. The first-order valence-electron chi connectivity index (χ1n) is 6.74. The van der Waals surface area contributed by atoms with Gasteiger partial charge in [-0.3, -0.25) is 10.6 Å². The van der Waals surface area contributed by atoms with E-state index in [2.05, 4.69) is 5.32 Å². The van der Waals surface area contributed by atoms with Gasteiger partial charge in [0.05, 0.1) is 0 Å². The zero-order chi connectivity index (χ0) is 15.5. The van der Waals surface area contributed by atoms with E-state index in [0.717, 1.165) is 31.4 Å². The van der Waals surface area contributed by atoms with E-state index in [0.29, 0.717) is 13.2 Å². The van der Waals surface area contributed by atoms with E-state index < -0.39 is 23.2 Å². The standard InChI is InChI=1S/C14H19F2N3O2/c1-21-5-4-14(2-3-14)8-18-13(20)9-6-10(15)12(19-17)11(16)7-9/h6-7,19H,2-5,8,17H2,1H3,(H,18,20). The van der Waals surface area contributed by atoms with Crippen molar-refractivity contribution in [3.63, 3.8) is 0 Å². The maximum Gasteiger partial charge on any atom is 0.251 e. The Morgan fingerprint density at radius 3 is 2.48 bits per heavy atom. The Hall–Kier alpha value is -1.73. The minimum absolute atomic E-state index is 0.0634. The molecule has 116 valence electrons. The van der Waals surface area contributed by atoms with Crippen molar-refractivity contribution >= 4 is 11.6 Å². The number of benzene rings is 1. The zero-order valence-corrected chi connectivity index (χ0v) is 11.8. The highest BCUT2D eigenvalue weighted by Crippen LogP contribution is 2.48. The summed E-state index contributed by atoms with van der Waals surface area (Å²) in [6, 6.07) is 1.92. The van der Waals surface area contributed by atoms with Gasteiger partial charge in [-0.2, -0.15) is 0 Å². The number of anilines is 1. The maximum atomic E-state index is 13.5. The van der Waals surface area contributed by atoms with Crippen LogP contribution in [0, 0.1) is 17.0 Å². The molecule has 1 aliphatic carbocycles. The molecule has 0 atom stereocenters. The second-order valence-electron chi connectivity index (χ2n) is 5.38. The van der Waals surface area contributed by atoms with Crippen LogP contribution in [0.15, 0.2) is 12.1 Å². The van der Waals surface area contributed by atoms with Crippen LogP contribution < -0.4 is 16.6 Å². The molecule has 0 saturated heterocycles. The molecule has 1 aromatic rings. The lowest BCUT2D eigenvalue weighted by atomic mass is 10.0. The summed E-state index contributed by atoms with van der Waals surface area (Å²) < 4.78 is 32.1. The van der Waals surface area contributed by atoms with E-state index in [9.17, 15) is 13.6 Å². The molecule has 0 heterocycles. The lowest BCUT2D eigenvalue weighted by Crippen LogP contribution is -2.31. The molecular formula is C14H19F2N3O2. The molecule has 0 aliphatic heterocycles. The molecule has 2 rings (SSSR count). The van der Waals surface area contributed by atoms with Crippen LogP contribution in [0.25, 0.3) is 0 Å². The van der Waals surface area contributed by atoms with Crippen LogP contribution in [0.5, 0.6) is 0 Å². The molecule has 5 nitrogen and oxygen atoms in total. The Morgan fingerprint density at radius 1 is 1.38 bits per heavy atom. The largest absolute Gasteiger partial charge is 0.385 e. The summed E-state index contributed by atoms with van der Waals surface area (Å²) in [5, 5.41) is 2.72. The van der Waals surface area contributed by atoms with Gasteiger partial charge in [0.15, 0.2) is 11.6 Å². The molecule has 1 saturated carbocycles. The number of methoxy groups -OCH3 is 1. The molecule has 7 heteroatoms. The zero-order valence-electron chi connectivity index (χ0n) is 11.8. The maximum absolute atomic E-state index is 13.5. The van der Waals surface area contributed by atoms with Gasteiger partial charge in [0.2, 0.25) is 0 Å². The van der Waals surface area contributed by atoms with Gasteiger partial charge in [0, 0.05) is 25.8 Å². The lowest BCUT2D eigenvalue weighted by molar-refractivity contribution is 0.0937. The van der Waals surface area contributed by atoms with Crippen molar-refractivity contribution in [1.82, 2.24) is 5.32 Å². The monoisotopic (exact) mass is 299 g/mol. The third kappa shape index (κ3) is 3.68. The van der Waals surface area contributed by atoms with Crippen LogP contribution in [0.2, 0.25) is 0 Å². The Kier molecular flexibility index (Phi) is 4.74.